The molecule has 2 N–H and O–H groups in total. The maximum atomic E-state index is 11.9. The fourth-order valence-corrected chi connectivity index (χ4v) is 2.77. The van der Waals surface area contributed by atoms with E-state index >= 15 is 0 Å². The molecule has 1 aromatic carbocycles. The standard InChI is InChI=1S/C13H15NO4S/c15-9-11-3-1-4-12(7-11)10-19(16,17)14-8-13-5-2-6-18-13/h1-7,14-15H,8-10H2. The van der Waals surface area contributed by atoms with Gasteiger partial charge in [-0.3, -0.25) is 0 Å². The number of aliphatic hydroxyl groups is 1. The lowest BCUT2D eigenvalue weighted by atomic mass is 10.1. The first-order chi connectivity index (χ1) is 9.09. The van der Waals surface area contributed by atoms with E-state index in [1.807, 2.05) is 0 Å². The molecule has 19 heavy (non-hydrogen) atoms. The van der Waals surface area contributed by atoms with Crippen LogP contribution in [0.15, 0.2) is 47.1 Å². The lowest BCUT2D eigenvalue weighted by Gasteiger charge is -2.06. The minimum absolute atomic E-state index is 0.103. The number of rotatable bonds is 6. The third-order valence-corrected chi connectivity index (χ3v) is 3.87. The summed E-state index contributed by atoms with van der Waals surface area (Å²) in [5.74, 6) is 0.439. The number of hydrogen-bond acceptors (Lipinski definition) is 4. The SMILES string of the molecule is O=S(=O)(Cc1cccc(CO)c1)NCc1ccco1. The van der Waals surface area contributed by atoms with Crippen LogP contribution in [-0.4, -0.2) is 13.5 Å². The zero-order chi connectivity index (χ0) is 13.7. The summed E-state index contributed by atoms with van der Waals surface area (Å²) in [7, 11) is -3.43. The second-order valence-corrected chi connectivity index (χ2v) is 5.94. The van der Waals surface area contributed by atoms with E-state index in [9.17, 15) is 8.42 Å². The molecule has 0 amide bonds. The Morgan fingerprint density at radius 1 is 1.16 bits per heavy atom. The van der Waals surface area contributed by atoms with Crippen LogP contribution in [0.1, 0.15) is 16.9 Å². The van der Waals surface area contributed by atoms with Crippen molar-refractivity contribution in [3.8, 4) is 0 Å². The molecule has 0 aliphatic heterocycles. The van der Waals surface area contributed by atoms with Gasteiger partial charge in [-0.1, -0.05) is 24.3 Å². The van der Waals surface area contributed by atoms with E-state index < -0.39 is 10.0 Å². The first-order valence-corrected chi connectivity index (χ1v) is 7.43. The summed E-state index contributed by atoms with van der Waals surface area (Å²) in [4.78, 5) is 0. The second kappa shape index (κ2) is 6.01. The normalized spacial score (nSPS) is 11.6. The Labute approximate surface area is 111 Å². The molecule has 0 saturated carbocycles. The number of furan rings is 1. The summed E-state index contributed by atoms with van der Waals surface area (Å²) in [6.45, 7) is 0.0305. The van der Waals surface area contributed by atoms with Gasteiger partial charge in [0.05, 0.1) is 25.2 Å². The highest BCUT2D eigenvalue weighted by atomic mass is 32.2. The maximum absolute atomic E-state index is 11.9. The minimum Gasteiger partial charge on any atom is -0.468 e. The Hall–Kier alpha value is -1.63. The lowest BCUT2D eigenvalue weighted by Crippen LogP contribution is -2.24. The van der Waals surface area contributed by atoms with Gasteiger partial charge in [-0.05, 0) is 23.3 Å². The summed E-state index contributed by atoms with van der Waals surface area (Å²) >= 11 is 0. The largest absolute Gasteiger partial charge is 0.468 e. The average Bonchev–Trinajstić information content (AvgIpc) is 2.89. The van der Waals surface area contributed by atoms with Crippen molar-refractivity contribution in [2.45, 2.75) is 18.9 Å². The van der Waals surface area contributed by atoms with Crippen LogP contribution in [-0.2, 0) is 28.9 Å². The van der Waals surface area contributed by atoms with Gasteiger partial charge in [0.2, 0.25) is 10.0 Å². The number of nitrogens with one attached hydrogen (secondary N) is 1. The van der Waals surface area contributed by atoms with Gasteiger partial charge in [0.1, 0.15) is 5.76 Å². The van der Waals surface area contributed by atoms with Gasteiger partial charge in [-0.25, -0.2) is 13.1 Å². The van der Waals surface area contributed by atoms with E-state index in [1.54, 1.807) is 36.4 Å². The van der Waals surface area contributed by atoms with E-state index in [0.717, 1.165) is 0 Å². The maximum Gasteiger partial charge on any atom is 0.216 e. The molecule has 0 atom stereocenters. The summed E-state index contributed by atoms with van der Waals surface area (Å²) < 4.78 is 31.3. The van der Waals surface area contributed by atoms with Crippen LogP contribution in [0, 0.1) is 0 Å². The van der Waals surface area contributed by atoms with Crippen LogP contribution >= 0.6 is 0 Å². The molecule has 1 heterocycles. The molecule has 1 aromatic heterocycles. The molecule has 5 nitrogen and oxygen atoms in total. The van der Waals surface area contributed by atoms with Gasteiger partial charge >= 0.3 is 0 Å². The van der Waals surface area contributed by atoms with Gasteiger partial charge in [-0.15, -0.1) is 0 Å². The van der Waals surface area contributed by atoms with Gasteiger partial charge < -0.3 is 9.52 Å². The van der Waals surface area contributed by atoms with Gasteiger partial charge in [0.25, 0.3) is 0 Å². The van der Waals surface area contributed by atoms with Crippen molar-refractivity contribution in [2.24, 2.45) is 0 Å². The highest BCUT2D eigenvalue weighted by molar-refractivity contribution is 7.88. The van der Waals surface area contributed by atoms with Crippen molar-refractivity contribution >= 4 is 10.0 Å². The van der Waals surface area contributed by atoms with E-state index in [2.05, 4.69) is 4.72 Å². The molecule has 0 aliphatic rings. The van der Waals surface area contributed by atoms with Crippen molar-refractivity contribution in [3.63, 3.8) is 0 Å². The van der Waals surface area contributed by atoms with E-state index in [0.29, 0.717) is 16.9 Å². The van der Waals surface area contributed by atoms with E-state index in [1.165, 1.54) is 6.26 Å². The molecule has 0 saturated heterocycles. The fourth-order valence-electron chi connectivity index (χ4n) is 1.68. The number of hydrogen-bond donors (Lipinski definition) is 2. The summed E-state index contributed by atoms with van der Waals surface area (Å²) in [6.07, 6.45) is 1.49. The first-order valence-electron chi connectivity index (χ1n) is 5.77. The molecule has 0 radical (unpaired) electrons. The summed E-state index contributed by atoms with van der Waals surface area (Å²) in [5.41, 5.74) is 1.33. The van der Waals surface area contributed by atoms with Crippen molar-refractivity contribution in [3.05, 3.63) is 59.5 Å². The van der Waals surface area contributed by atoms with Gasteiger partial charge in [0, 0.05) is 0 Å². The Morgan fingerprint density at radius 2 is 1.95 bits per heavy atom. The molecular weight excluding hydrogens is 266 g/mol. The van der Waals surface area contributed by atoms with Crippen LogP contribution in [0.4, 0.5) is 0 Å². The smallest absolute Gasteiger partial charge is 0.216 e. The Morgan fingerprint density at radius 3 is 2.63 bits per heavy atom. The van der Waals surface area contributed by atoms with Crippen LogP contribution in [0.3, 0.4) is 0 Å². The third-order valence-electron chi connectivity index (χ3n) is 2.58. The van der Waals surface area contributed by atoms with Gasteiger partial charge in [-0.2, -0.15) is 0 Å². The zero-order valence-electron chi connectivity index (χ0n) is 10.2. The molecule has 102 valence electrons. The van der Waals surface area contributed by atoms with Gasteiger partial charge in [0.15, 0.2) is 0 Å². The van der Waals surface area contributed by atoms with Crippen molar-refractivity contribution in [2.75, 3.05) is 0 Å². The average molecular weight is 281 g/mol. The highest BCUT2D eigenvalue weighted by Crippen LogP contribution is 2.09. The lowest BCUT2D eigenvalue weighted by molar-refractivity contribution is 0.282. The topological polar surface area (TPSA) is 79.5 Å². The quantitative estimate of drug-likeness (QED) is 0.838. The summed E-state index contributed by atoms with van der Waals surface area (Å²) in [5, 5.41) is 9.01. The number of sulfonamides is 1. The molecule has 2 aromatic rings. The Balaban J connectivity index is 2.00. The van der Waals surface area contributed by atoms with Crippen molar-refractivity contribution in [1.29, 1.82) is 0 Å². The summed E-state index contributed by atoms with van der Waals surface area (Å²) in [6, 6.07) is 10.3. The van der Waals surface area contributed by atoms with Crippen LogP contribution in [0.2, 0.25) is 0 Å². The van der Waals surface area contributed by atoms with Crippen LogP contribution < -0.4 is 4.72 Å². The molecule has 2 rings (SSSR count). The first kappa shape index (κ1) is 13.8. The molecule has 0 unspecified atom stereocenters. The highest BCUT2D eigenvalue weighted by Gasteiger charge is 2.12. The second-order valence-electron chi connectivity index (χ2n) is 4.14. The van der Waals surface area contributed by atoms with E-state index in [4.69, 9.17) is 9.52 Å². The van der Waals surface area contributed by atoms with Crippen LogP contribution in [0.25, 0.3) is 0 Å². The predicted octanol–water partition coefficient (Wildman–Crippen LogP) is 1.39. The zero-order valence-corrected chi connectivity index (χ0v) is 11.1. The van der Waals surface area contributed by atoms with Crippen LogP contribution in [0.5, 0.6) is 0 Å². The minimum atomic E-state index is -3.43. The number of benzene rings is 1. The Kier molecular flexibility index (Phi) is 4.36. The molecule has 0 fully saturated rings. The molecule has 0 aliphatic carbocycles. The Bertz CT molecular complexity index is 620. The fraction of sp³-hybridized carbons (Fsp3) is 0.231. The molecular formula is C13H15NO4S. The van der Waals surface area contributed by atoms with E-state index in [-0.39, 0.29) is 18.9 Å². The third kappa shape index (κ3) is 4.20. The molecule has 0 spiro atoms. The monoisotopic (exact) mass is 281 g/mol. The predicted molar refractivity (Wildman–Crippen MR) is 70.5 cm³/mol. The van der Waals surface area contributed by atoms with Crippen molar-refractivity contribution < 1.29 is 17.9 Å². The molecule has 0 bridgehead atoms. The molecule has 6 heteroatoms. The number of aliphatic hydroxyl groups excluding tert-OH is 1. The van der Waals surface area contributed by atoms with Crippen molar-refractivity contribution in [1.82, 2.24) is 4.72 Å².